The van der Waals surface area contributed by atoms with Gasteiger partial charge in [-0.05, 0) is 23.7 Å². The number of piperazine rings is 1. The number of carbonyl (C=O) groups is 2. The number of carbonyl (C=O) groups excluding carboxylic acids is 2. The number of pyridine rings is 1. The summed E-state index contributed by atoms with van der Waals surface area (Å²) in [6.45, 7) is 7.75. The largest absolute Gasteiger partial charge is 0.346 e. The first-order chi connectivity index (χ1) is 14.2. The third-order valence-electron chi connectivity index (χ3n) is 5.32. The van der Waals surface area contributed by atoms with Gasteiger partial charge in [-0.1, -0.05) is 43.3 Å². The molecule has 1 aromatic carbocycles. The van der Waals surface area contributed by atoms with E-state index in [1.807, 2.05) is 48.7 Å². The van der Waals surface area contributed by atoms with Crippen molar-refractivity contribution < 1.29 is 9.59 Å². The van der Waals surface area contributed by atoms with E-state index >= 15 is 0 Å². The molecule has 3 rings (SSSR count). The summed E-state index contributed by atoms with van der Waals surface area (Å²) in [6, 6.07) is 13.4. The van der Waals surface area contributed by atoms with Crippen LogP contribution in [0.15, 0.2) is 54.9 Å². The Kier molecular flexibility index (Phi) is 7.72. The third kappa shape index (κ3) is 6.10. The molecule has 1 aromatic heterocycles. The van der Waals surface area contributed by atoms with Gasteiger partial charge in [0.1, 0.15) is 0 Å². The van der Waals surface area contributed by atoms with Crippen LogP contribution in [0.4, 0.5) is 0 Å². The van der Waals surface area contributed by atoms with Gasteiger partial charge in [0.25, 0.3) is 0 Å². The zero-order valence-electron chi connectivity index (χ0n) is 16.9. The van der Waals surface area contributed by atoms with Crippen molar-refractivity contribution in [2.24, 2.45) is 0 Å². The Morgan fingerprint density at radius 3 is 2.38 bits per heavy atom. The number of hydrogen-bond acceptors (Lipinski definition) is 5. The molecule has 1 saturated heterocycles. The molecular formula is C22H29N5O2. The molecule has 0 radical (unpaired) electrons. The van der Waals surface area contributed by atoms with Gasteiger partial charge >= 0.3 is 11.8 Å². The van der Waals surface area contributed by atoms with Crippen LogP contribution in [-0.4, -0.2) is 65.9 Å². The summed E-state index contributed by atoms with van der Waals surface area (Å²) in [4.78, 5) is 33.5. The highest BCUT2D eigenvalue weighted by Crippen LogP contribution is 2.21. The van der Waals surface area contributed by atoms with Gasteiger partial charge in [-0.3, -0.25) is 19.5 Å². The molecule has 154 valence electrons. The maximum absolute atomic E-state index is 12.3. The van der Waals surface area contributed by atoms with Crippen LogP contribution in [0.3, 0.4) is 0 Å². The highest BCUT2D eigenvalue weighted by molar-refractivity contribution is 6.35. The average molecular weight is 396 g/mol. The molecule has 1 atom stereocenters. The Morgan fingerprint density at radius 1 is 1.00 bits per heavy atom. The molecule has 2 aromatic rings. The van der Waals surface area contributed by atoms with Crippen LogP contribution < -0.4 is 10.6 Å². The molecule has 7 nitrogen and oxygen atoms in total. The lowest BCUT2D eigenvalue weighted by Gasteiger charge is -2.39. The Hall–Kier alpha value is -2.77. The van der Waals surface area contributed by atoms with Crippen LogP contribution in [0.5, 0.6) is 0 Å². The molecule has 2 amide bonds. The van der Waals surface area contributed by atoms with Crippen molar-refractivity contribution in [3.05, 3.63) is 66.0 Å². The minimum Gasteiger partial charge on any atom is -0.346 e. The highest BCUT2D eigenvalue weighted by atomic mass is 16.2. The molecular weight excluding hydrogens is 366 g/mol. The van der Waals surface area contributed by atoms with Gasteiger partial charge in [-0.15, -0.1) is 0 Å². The summed E-state index contributed by atoms with van der Waals surface area (Å²) in [5.41, 5.74) is 2.00. The number of aromatic nitrogens is 1. The van der Waals surface area contributed by atoms with E-state index in [0.717, 1.165) is 43.9 Å². The average Bonchev–Trinajstić information content (AvgIpc) is 2.79. The van der Waals surface area contributed by atoms with Gasteiger partial charge in [-0.2, -0.15) is 0 Å². The van der Waals surface area contributed by atoms with E-state index in [2.05, 4.69) is 32.3 Å². The van der Waals surface area contributed by atoms with Gasteiger partial charge in [0, 0.05) is 51.7 Å². The maximum Gasteiger partial charge on any atom is 0.309 e. The Bertz CT molecular complexity index is 776. The Balaban J connectivity index is 1.56. The molecule has 29 heavy (non-hydrogen) atoms. The highest BCUT2D eigenvalue weighted by Gasteiger charge is 2.26. The number of nitrogens with one attached hydrogen (secondary N) is 2. The molecule has 0 saturated carbocycles. The molecule has 7 heteroatoms. The molecule has 2 N–H and O–H groups in total. The predicted octanol–water partition coefficient (Wildman–Crippen LogP) is 1.19. The monoisotopic (exact) mass is 395 g/mol. The van der Waals surface area contributed by atoms with Crippen molar-refractivity contribution >= 4 is 11.8 Å². The molecule has 1 aliphatic heterocycles. The Morgan fingerprint density at radius 2 is 1.72 bits per heavy atom. The summed E-state index contributed by atoms with van der Waals surface area (Å²) < 4.78 is 0. The second-order valence-electron chi connectivity index (χ2n) is 7.15. The van der Waals surface area contributed by atoms with Crippen molar-refractivity contribution in [1.82, 2.24) is 25.4 Å². The molecule has 0 spiro atoms. The fraction of sp³-hybridized carbons (Fsp3) is 0.409. The maximum atomic E-state index is 12.3. The van der Waals surface area contributed by atoms with Crippen LogP contribution in [0.2, 0.25) is 0 Å². The minimum atomic E-state index is -0.616. The predicted molar refractivity (Wildman–Crippen MR) is 112 cm³/mol. The van der Waals surface area contributed by atoms with Crippen molar-refractivity contribution in [2.45, 2.75) is 19.5 Å². The summed E-state index contributed by atoms with van der Waals surface area (Å²) in [5.74, 6) is -1.23. The quantitative estimate of drug-likeness (QED) is 0.689. The SMILES string of the molecule is CCN1CCN(C(CNC(=O)C(=O)NCc2ccccc2)c2cccnc2)CC1. The smallest absolute Gasteiger partial charge is 0.309 e. The van der Waals surface area contributed by atoms with Crippen molar-refractivity contribution in [3.8, 4) is 0 Å². The first-order valence-electron chi connectivity index (χ1n) is 10.1. The molecule has 2 heterocycles. The first-order valence-corrected chi connectivity index (χ1v) is 10.1. The fourth-order valence-electron chi connectivity index (χ4n) is 3.55. The molecule has 0 aliphatic carbocycles. The zero-order chi connectivity index (χ0) is 20.5. The number of amides is 2. The Labute approximate surface area is 172 Å². The van der Waals surface area contributed by atoms with Crippen LogP contribution in [-0.2, 0) is 16.1 Å². The van der Waals surface area contributed by atoms with Gasteiger partial charge in [-0.25, -0.2) is 0 Å². The number of rotatable bonds is 7. The van der Waals surface area contributed by atoms with E-state index in [-0.39, 0.29) is 6.04 Å². The topological polar surface area (TPSA) is 77.6 Å². The number of likely N-dealkylation sites (N-methyl/N-ethyl adjacent to an activating group) is 1. The van der Waals surface area contributed by atoms with Crippen molar-refractivity contribution in [1.29, 1.82) is 0 Å². The van der Waals surface area contributed by atoms with Crippen molar-refractivity contribution in [3.63, 3.8) is 0 Å². The first kappa shape index (κ1) is 21.0. The van der Waals surface area contributed by atoms with Crippen LogP contribution in [0, 0.1) is 0 Å². The van der Waals surface area contributed by atoms with E-state index in [1.165, 1.54) is 0 Å². The van der Waals surface area contributed by atoms with Crippen LogP contribution in [0.1, 0.15) is 24.1 Å². The van der Waals surface area contributed by atoms with E-state index in [0.29, 0.717) is 13.1 Å². The second-order valence-corrected chi connectivity index (χ2v) is 7.15. The molecule has 1 unspecified atom stereocenters. The van der Waals surface area contributed by atoms with Gasteiger partial charge in [0.15, 0.2) is 0 Å². The lowest BCUT2D eigenvalue weighted by molar-refractivity contribution is -0.139. The lowest BCUT2D eigenvalue weighted by Crippen LogP contribution is -2.50. The summed E-state index contributed by atoms with van der Waals surface area (Å²) in [6.07, 6.45) is 3.57. The molecule has 0 bridgehead atoms. The summed E-state index contributed by atoms with van der Waals surface area (Å²) in [5, 5.41) is 5.48. The van der Waals surface area contributed by atoms with E-state index in [9.17, 15) is 9.59 Å². The standard InChI is InChI=1S/C22H29N5O2/c1-2-26-11-13-27(14-12-26)20(19-9-6-10-23-16-19)17-25-22(29)21(28)24-15-18-7-4-3-5-8-18/h3-10,16,20H,2,11-15,17H2,1H3,(H,24,28)(H,25,29). The zero-order valence-corrected chi connectivity index (χ0v) is 16.9. The fourth-order valence-corrected chi connectivity index (χ4v) is 3.55. The summed E-state index contributed by atoms with van der Waals surface area (Å²) >= 11 is 0. The van der Waals surface area contributed by atoms with E-state index in [1.54, 1.807) is 6.20 Å². The van der Waals surface area contributed by atoms with Crippen LogP contribution >= 0.6 is 0 Å². The van der Waals surface area contributed by atoms with E-state index in [4.69, 9.17) is 0 Å². The number of hydrogen-bond donors (Lipinski definition) is 2. The van der Waals surface area contributed by atoms with Gasteiger partial charge < -0.3 is 15.5 Å². The van der Waals surface area contributed by atoms with Gasteiger partial charge in [0.05, 0.1) is 6.04 Å². The summed E-state index contributed by atoms with van der Waals surface area (Å²) in [7, 11) is 0. The lowest BCUT2D eigenvalue weighted by atomic mass is 10.1. The second kappa shape index (κ2) is 10.7. The normalized spacial score (nSPS) is 16.2. The minimum absolute atomic E-state index is 0.00594. The van der Waals surface area contributed by atoms with E-state index < -0.39 is 11.8 Å². The number of nitrogens with zero attached hydrogens (tertiary/aromatic N) is 3. The van der Waals surface area contributed by atoms with Crippen molar-refractivity contribution in [2.75, 3.05) is 39.3 Å². The van der Waals surface area contributed by atoms with Crippen LogP contribution in [0.25, 0.3) is 0 Å². The van der Waals surface area contributed by atoms with Gasteiger partial charge in [0.2, 0.25) is 0 Å². The molecule has 1 fully saturated rings. The molecule has 1 aliphatic rings. The number of benzene rings is 1. The third-order valence-corrected chi connectivity index (χ3v) is 5.32.